The van der Waals surface area contributed by atoms with Crippen LogP contribution in [0.15, 0.2) is 60.1 Å². The van der Waals surface area contributed by atoms with Gasteiger partial charge in [0.15, 0.2) is 0 Å². The van der Waals surface area contributed by atoms with Crippen molar-refractivity contribution in [3.05, 3.63) is 65.7 Å². The van der Waals surface area contributed by atoms with Crippen molar-refractivity contribution >= 4 is 17.7 Å². The molecule has 0 saturated carbocycles. The van der Waals surface area contributed by atoms with Gasteiger partial charge in [0.25, 0.3) is 0 Å². The van der Waals surface area contributed by atoms with Crippen molar-refractivity contribution < 1.29 is 17.1 Å². The van der Waals surface area contributed by atoms with Gasteiger partial charge in [0.1, 0.15) is 0 Å². The number of hydrogen-bond acceptors (Lipinski definition) is 0. The maximum atomic E-state index is 5.31. The summed E-state index contributed by atoms with van der Waals surface area (Å²) in [5, 5.41) is 0. The van der Waals surface area contributed by atoms with Gasteiger partial charge in [-0.05, 0) is 0 Å². The largest absolute Gasteiger partial charge is 2.00 e. The quantitative estimate of drug-likeness (QED) is 0.527. The van der Waals surface area contributed by atoms with Gasteiger partial charge in [0.05, 0.1) is 0 Å². The van der Waals surface area contributed by atoms with E-state index in [1.165, 1.54) is 5.54 Å². The first-order valence-corrected chi connectivity index (χ1v) is 4.52. The van der Waals surface area contributed by atoms with Crippen LogP contribution < -0.4 is 0 Å². The van der Waals surface area contributed by atoms with Crippen LogP contribution >= 0.6 is 11.6 Å². The summed E-state index contributed by atoms with van der Waals surface area (Å²) in [7, 11) is 0. The molecule has 0 spiro atoms. The molecule has 0 aliphatic heterocycles. The summed E-state index contributed by atoms with van der Waals surface area (Å²) < 4.78 is 0. The van der Waals surface area contributed by atoms with E-state index in [-0.39, 0.29) is 17.1 Å². The molecule has 0 aromatic heterocycles. The zero-order chi connectivity index (χ0) is 9.36. The molecule has 0 unspecified atom stereocenters. The fraction of sp³-hybridized carbons (Fsp3) is 0. The van der Waals surface area contributed by atoms with E-state index in [0.29, 0.717) is 0 Å². The molecule has 0 fully saturated rings. The summed E-state index contributed by atoms with van der Waals surface area (Å²) in [5.74, 6) is 0. The van der Waals surface area contributed by atoms with Crippen molar-refractivity contribution in [2.24, 2.45) is 0 Å². The van der Waals surface area contributed by atoms with Crippen molar-refractivity contribution in [1.82, 2.24) is 0 Å². The van der Waals surface area contributed by atoms with Crippen molar-refractivity contribution in [2.75, 3.05) is 0 Å². The fourth-order valence-corrected chi connectivity index (χ4v) is 1.04. The van der Waals surface area contributed by atoms with Crippen LogP contribution in [0.4, 0.5) is 0 Å². The second kappa shape index (κ2) is 8.83. The van der Waals surface area contributed by atoms with E-state index in [9.17, 15) is 0 Å². The van der Waals surface area contributed by atoms with E-state index in [0.717, 1.165) is 5.56 Å². The predicted octanol–water partition coefficient (Wildman–Crippen LogP) is 4.02. The average molecular weight is 247 g/mol. The monoisotopic (exact) mass is 246 g/mol. The first-order valence-electron chi connectivity index (χ1n) is 4.08. The van der Waals surface area contributed by atoms with Crippen molar-refractivity contribution in [3.8, 4) is 0 Å². The second-order valence-electron chi connectivity index (χ2n) is 2.47. The molecule has 14 heavy (non-hydrogen) atoms. The van der Waals surface area contributed by atoms with Crippen LogP contribution in [0, 0.1) is 0 Å². The summed E-state index contributed by atoms with van der Waals surface area (Å²) in [6.07, 6.45) is 1.85. The van der Waals surface area contributed by atoms with E-state index in [1.54, 1.807) is 0 Å². The van der Waals surface area contributed by atoms with Crippen LogP contribution in [0.5, 0.6) is 0 Å². The number of halogens is 1. The zero-order valence-electron chi connectivity index (χ0n) is 7.58. The van der Waals surface area contributed by atoms with Crippen molar-refractivity contribution in [2.45, 2.75) is 0 Å². The second-order valence-corrected chi connectivity index (χ2v) is 2.73. The molecule has 0 amide bonds. The maximum Gasteiger partial charge on any atom is 2.00 e. The smallest absolute Gasteiger partial charge is 0.214 e. The first kappa shape index (κ1) is 13.2. The Bertz CT molecular complexity index is 289. The first-order chi connectivity index (χ1) is 6.43. The molecule has 74 valence electrons. The predicted molar refractivity (Wildman–Crippen MR) is 59.0 cm³/mol. The van der Waals surface area contributed by atoms with E-state index in [2.05, 4.69) is 0 Å². The molecule has 0 heterocycles. The van der Waals surface area contributed by atoms with Gasteiger partial charge in [0.2, 0.25) is 0 Å². The SMILES string of the molecule is ClC=C[c-]1cccc1.[Fe+2].c1cc[cH-]c1. The van der Waals surface area contributed by atoms with Crippen molar-refractivity contribution in [1.29, 1.82) is 0 Å². The zero-order valence-corrected chi connectivity index (χ0v) is 9.44. The molecular weight excluding hydrogens is 235 g/mol. The van der Waals surface area contributed by atoms with Crippen LogP contribution in [0.2, 0.25) is 0 Å². The van der Waals surface area contributed by atoms with Crippen LogP contribution in [0.3, 0.4) is 0 Å². The molecular formula is C12H11ClFe. The Morgan fingerprint density at radius 1 is 1.00 bits per heavy atom. The molecule has 0 N–H and O–H groups in total. The maximum absolute atomic E-state index is 5.31. The Labute approximate surface area is 100 Å². The summed E-state index contributed by atoms with van der Waals surface area (Å²) >= 11 is 5.31. The molecule has 0 atom stereocenters. The minimum atomic E-state index is 0. The van der Waals surface area contributed by atoms with Crippen LogP contribution in [-0.2, 0) is 17.1 Å². The summed E-state index contributed by atoms with van der Waals surface area (Å²) in [4.78, 5) is 0. The van der Waals surface area contributed by atoms with Crippen LogP contribution in [-0.4, -0.2) is 0 Å². The van der Waals surface area contributed by atoms with Gasteiger partial charge in [-0.2, -0.15) is 41.9 Å². The molecule has 2 aromatic carbocycles. The Kier molecular flexibility index (Phi) is 8.36. The summed E-state index contributed by atoms with van der Waals surface area (Å²) in [6, 6.07) is 18.0. The van der Waals surface area contributed by atoms with E-state index in [4.69, 9.17) is 11.6 Å². The topological polar surface area (TPSA) is 0 Å². The van der Waals surface area contributed by atoms with Gasteiger partial charge in [-0.15, -0.1) is 23.8 Å². The van der Waals surface area contributed by atoms with Crippen LogP contribution in [0.1, 0.15) is 5.56 Å². The Morgan fingerprint density at radius 3 is 1.93 bits per heavy atom. The Balaban J connectivity index is 0.000000246. The molecule has 0 aliphatic carbocycles. The third-order valence-electron chi connectivity index (χ3n) is 1.50. The third-order valence-corrected chi connectivity index (χ3v) is 1.63. The van der Waals surface area contributed by atoms with Gasteiger partial charge in [0, 0.05) is 0 Å². The van der Waals surface area contributed by atoms with Gasteiger partial charge >= 0.3 is 17.1 Å². The molecule has 0 saturated heterocycles. The Morgan fingerprint density at radius 2 is 1.57 bits per heavy atom. The molecule has 0 nitrogen and oxygen atoms in total. The minimum Gasteiger partial charge on any atom is -0.214 e. The molecule has 2 heteroatoms. The van der Waals surface area contributed by atoms with Crippen molar-refractivity contribution in [3.63, 3.8) is 0 Å². The van der Waals surface area contributed by atoms with Gasteiger partial charge in [-0.3, -0.25) is 0 Å². The van der Waals surface area contributed by atoms with Gasteiger partial charge < -0.3 is 0 Å². The molecule has 0 radical (unpaired) electrons. The molecule has 2 aromatic rings. The normalized spacial score (nSPS) is 8.93. The molecule has 0 aliphatic rings. The number of rotatable bonds is 1. The fourth-order valence-electron chi connectivity index (χ4n) is 0.893. The summed E-state index contributed by atoms with van der Waals surface area (Å²) in [6.45, 7) is 0. The standard InChI is InChI=1S/C7H6Cl.C5H5.Fe/c8-6-5-7-3-1-2-4-7;1-2-4-5-3-1;/h1-6H;1-5H;/q2*-1;+2. The Hall–Kier alpha value is -0.751. The third kappa shape index (κ3) is 5.82. The van der Waals surface area contributed by atoms with Gasteiger partial charge in [-0.1, -0.05) is 5.54 Å². The number of hydrogen-bond donors (Lipinski definition) is 0. The van der Waals surface area contributed by atoms with E-state index >= 15 is 0 Å². The molecule has 2 rings (SSSR count). The minimum absolute atomic E-state index is 0. The van der Waals surface area contributed by atoms with Gasteiger partial charge in [-0.25, -0.2) is 12.1 Å². The van der Waals surface area contributed by atoms with Crippen LogP contribution in [0.25, 0.3) is 6.08 Å². The average Bonchev–Trinajstić information content (AvgIpc) is 2.79. The van der Waals surface area contributed by atoms with E-state index in [1.807, 2.05) is 60.7 Å². The summed E-state index contributed by atoms with van der Waals surface area (Å²) in [5.41, 5.74) is 2.66. The van der Waals surface area contributed by atoms with E-state index < -0.39 is 0 Å². The molecule has 0 bridgehead atoms.